The predicted octanol–water partition coefficient (Wildman–Crippen LogP) is 5.46. The zero-order valence-electron chi connectivity index (χ0n) is 16.5. The number of benzene rings is 2. The van der Waals surface area contributed by atoms with Crippen LogP contribution in [0.1, 0.15) is 43.0 Å². The molecule has 2 aromatic carbocycles. The molecule has 2 N–H and O–H groups in total. The van der Waals surface area contributed by atoms with E-state index in [0.29, 0.717) is 0 Å². The van der Waals surface area contributed by atoms with Gasteiger partial charge >= 0.3 is 0 Å². The smallest absolute Gasteiger partial charge is 0.0542 e. The number of aryl methyl sites for hydroxylation is 1. The van der Waals surface area contributed by atoms with E-state index in [4.69, 9.17) is 0 Å². The molecule has 0 saturated carbocycles. The molecule has 1 unspecified atom stereocenters. The average Bonchev–Trinajstić information content (AvgIpc) is 2.71. The number of hydrogen-bond acceptors (Lipinski definition) is 2. The zero-order chi connectivity index (χ0) is 19.1. The molecule has 0 fully saturated rings. The highest BCUT2D eigenvalue weighted by Crippen LogP contribution is 2.28. The summed E-state index contributed by atoms with van der Waals surface area (Å²) in [6.07, 6.45) is 6.40. The molecule has 1 atom stereocenters. The highest BCUT2D eigenvalue weighted by molar-refractivity contribution is 5.42. The molecule has 2 aromatic rings. The Balaban J connectivity index is 1.84. The Bertz CT molecular complexity index is 813. The molecule has 0 saturated heterocycles. The highest BCUT2D eigenvalue weighted by Gasteiger charge is 2.17. The van der Waals surface area contributed by atoms with Crippen LogP contribution >= 0.6 is 0 Å². The van der Waals surface area contributed by atoms with Crippen LogP contribution in [0.15, 0.2) is 90.2 Å². The van der Waals surface area contributed by atoms with Gasteiger partial charge in [-0.15, -0.1) is 0 Å². The van der Waals surface area contributed by atoms with Crippen molar-refractivity contribution in [1.29, 1.82) is 0 Å². The first-order valence-electron chi connectivity index (χ1n) is 9.83. The van der Waals surface area contributed by atoms with Gasteiger partial charge in [-0.05, 0) is 59.4 Å². The SMILES string of the molecule is C=C1/C=C(/C(NCc2ccc(CC)cc2)c2ccccc2)CCNC=C1C. The van der Waals surface area contributed by atoms with E-state index >= 15 is 0 Å². The maximum Gasteiger partial charge on any atom is 0.0542 e. The Kier molecular flexibility index (Phi) is 6.67. The minimum absolute atomic E-state index is 0.182. The van der Waals surface area contributed by atoms with E-state index in [9.17, 15) is 0 Å². The van der Waals surface area contributed by atoms with Gasteiger partial charge in [-0.2, -0.15) is 0 Å². The van der Waals surface area contributed by atoms with Crippen LogP contribution in [0.5, 0.6) is 0 Å². The standard InChI is InChI=1S/C25H30N2/c1-4-21-10-12-22(13-11-21)18-27-25(23-8-6-5-7-9-23)24-14-15-26-17-20(3)19(2)16-24/h5-13,16-17,25-27H,2,4,14-15,18H2,1,3H3/b20-17?,24-16+. The van der Waals surface area contributed by atoms with Crippen LogP contribution in [-0.2, 0) is 13.0 Å². The molecule has 0 aliphatic carbocycles. The van der Waals surface area contributed by atoms with Crippen LogP contribution in [0.3, 0.4) is 0 Å². The van der Waals surface area contributed by atoms with Crippen LogP contribution in [0, 0.1) is 0 Å². The molecule has 0 bridgehead atoms. The largest absolute Gasteiger partial charge is 0.390 e. The third-order valence-corrected chi connectivity index (χ3v) is 5.19. The van der Waals surface area contributed by atoms with Gasteiger partial charge in [-0.25, -0.2) is 0 Å². The van der Waals surface area contributed by atoms with Gasteiger partial charge in [0.2, 0.25) is 0 Å². The van der Waals surface area contributed by atoms with E-state index < -0.39 is 0 Å². The fourth-order valence-corrected chi connectivity index (χ4v) is 3.39. The van der Waals surface area contributed by atoms with Gasteiger partial charge in [-0.1, -0.05) is 74.2 Å². The Hall–Kier alpha value is -2.58. The van der Waals surface area contributed by atoms with Gasteiger partial charge in [-0.3, -0.25) is 0 Å². The number of nitrogens with one attached hydrogen (secondary N) is 2. The topological polar surface area (TPSA) is 24.1 Å². The molecule has 2 nitrogen and oxygen atoms in total. The molecule has 3 rings (SSSR count). The molecule has 1 aliphatic rings. The summed E-state index contributed by atoms with van der Waals surface area (Å²) in [5, 5.41) is 7.19. The minimum atomic E-state index is 0.182. The van der Waals surface area contributed by atoms with E-state index in [2.05, 4.69) is 97.9 Å². The van der Waals surface area contributed by atoms with Crippen LogP contribution in [0.25, 0.3) is 0 Å². The Morgan fingerprint density at radius 1 is 1.04 bits per heavy atom. The van der Waals surface area contributed by atoms with Gasteiger partial charge in [0.15, 0.2) is 0 Å². The van der Waals surface area contributed by atoms with E-state index in [0.717, 1.165) is 31.5 Å². The maximum absolute atomic E-state index is 4.25. The minimum Gasteiger partial charge on any atom is -0.390 e. The van der Waals surface area contributed by atoms with E-state index in [1.165, 1.54) is 27.8 Å². The second-order valence-electron chi connectivity index (χ2n) is 7.17. The van der Waals surface area contributed by atoms with Crippen LogP contribution in [0.2, 0.25) is 0 Å². The quantitative estimate of drug-likeness (QED) is 0.716. The lowest BCUT2D eigenvalue weighted by molar-refractivity contribution is 0.572. The monoisotopic (exact) mass is 358 g/mol. The summed E-state index contributed by atoms with van der Waals surface area (Å²) >= 11 is 0. The van der Waals surface area contributed by atoms with Crippen molar-refractivity contribution in [1.82, 2.24) is 10.6 Å². The normalized spacial score (nSPS) is 17.8. The molecule has 140 valence electrons. The number of allylic oxidation sites excluding steroid dienone is 3. The molecule has 0 radical (unpaired) electrons. The van der Waals surface area contributed by atoms with Crippen LogP contribution < -0.4 is 10.6 Å². The molecular formula is C25H30N2. The Morgan fingerprint density at radius 3 is 2.44 bits per heavy atom. The van der Waals surface area contributed by atoms with Gasteiger partial charge < -0.3 is 10.6 Å². The number of rotatable bonds is 6. The first kappa shape index (κ1) is 19.2. The van der Waals surface area contributed by atoms with Crippen molar-refractivity contribution in [3.05, 3.63) is 107 Å². The summed E-state index contributed by atoms with van der Waals surface area (Å²) < 4.78 is 0. The van der Waals surface area contributed by atoms with Crippen molar-refractivity contribution in [3.8, 4) is 0 Å². The summed E-state index contributed by atoms with van der Waals surface area (Å²) in [7, 11) is 0. The van der Waals surface area contributed by atoms with Crippen molar-refractivity contribution in [2.45, 2.75) is 39.3 Å². The lowest BCUT2D eigenvalue weighted by Crippen LogP contribution is -2.25. The fourth-order valence-electron chi connectivity index (χ4n) is 3.39. The third-order valence-electron chi connectivity index (χ3n) is 5.19. The molecular weight excluding hydrogens is 328 g/mol. The third kappa shape index (κ3) is 5.21. The maximum atomic E-state index is 4.25. The van der Waals surface area contributed by atoms with Gasteiger partial charge in [0.25, 0.3) is 0 Å². The lowest BCUT2D eigenvalue weighted by atomic mass is 9.92. The molecule has 0 aromatic heterocycles. The molecule has 1 heterocycles. The van der Waals surface area contributed by atoms with Gasteiger partial charge in [0.1, 0.15) is 0 Å². The molecule has 0 amide bonds. The van der Waals surface area contributed by atoms with Gasteiger partial charge in [0.05, 0.1) is 6.04 Å². The van der Waals surface area contributed by atoms with Crippen molar-refractivity contribution < 1.29 is 0 Å². The van der Waals surface area contributed by atoms with Crippen molar-refractivity contribution in [2.24, 2.45) is 0 Å². The summed E-state index contributed by atoms with van der Waals surface area (Å²) in [6.45, 7) is 10.3. The van der Waals surface area contributed by atoms with Gasteiger partial charge in [0, 0.05) is 13.1 Å². The number of hydrogen-bond donors (Lipinski definition) is 2. The first-order valence-corrected chi connectivity index (χ1v) is 9.83. The Morgan fingerprint density at radius 2 is 1.74 bits per heavy atom. The van der Waals surface area contributed by atoms with E-state index in [1.54, 1.807) is 0 Å². The van der Waals surface area contributed by atoms with Crippen molar-refractivity contribution >= 4 is 0 Å². The van der Waals surface area contributed by atoms with Crippen molar-refractivity contribution in [2.75, 3.05) is 6.54 Å². The van der Waals surface area contributed by atoms with E-state index in [1.807, 2.05) is 0 Å². The summed E-state index contributed by atoms with van der Waals surface area (Å²) in [5.41, 5.74) is 7.62. The fraction of sp³-hybridized carbons (Fsp3) is 0.280. The zero-order valence-corrected chi connectivity index (χ0v) is 16.5. The summed E-state index contributed by atoms with van der Waals surface area (Å²) in [5.74, 6) is 0. The average molecular weight is 359 g/mol. The van der Waals surface area contributed by atoms with Crippen LogP contribution in [0.4, 0.5) is 0 Å². The van der Waals surface area contributed by atoms with E-state index in [-0.39, 0.29) is 6.04 Å². The first-order chi connectivity index (χ1) is 13.2. The van der Waals surface area contributed by atoms with Crippen LogP contribution in [-0.4, -0.2) is 6.54 Å². The Labute approximate surface area is 163 Å². The lowest BCUT2D eigenvalue weighted by Gasteiger charge is -2.25. The molecule has 1 aliphatic heterocycles. The van der Waals surface area contributed by atoms with Crippen molar-refractivity contribution in [3.63, 3.8) is 0 Å². The second-order valence-corrected chi connectivity index (χ2v) is 7.17. The molecule has 2 heteroatoms. The highest BCUT2D eigenvalue weighted by atomic mass is 14.9. The predicted molar refractivity (Wildman–Crippen MR) is 115 cm³/mol. The molecule has 0 spiro atoms. The summed E-state index contributed by atoms with van der Waals surface area (Å²) in [6, 6.07) is 19.8. The summed E-state index contributed by atoms with van der Waals surface area (Å²) in [4.78, 5) is 0. The second kappa shape index (κ2) is 9.38. The molecule has 27 heavy (non-hydrogen) atoms.